The molecule has 1 heterocycles. The van der Waals surface area contributed by atoms with E-state index in [1.165, 1.54) is 0 Å². The van der Waals surface area contributed by atoms with Crippen LogP contribution in [0.1, 0.15) is 0 Å². The van der Waals surface area contributed by atoms with E-state index in [9.17, 15) is 0 Å². The van der Waals surface area contributed by atoms with E-state index in [1.54, 1.807) is 32.4 Å². The number of hydrogen-bond donors (Lipinski definition) is 0. The summed E-state index contributed by atoms with van der Waals surface area (Å²) in [4.78, 5) is 3.92. The molecule has 6 heteroatoms. The first-order valence-corrected chi connectivity index (χ1v) is 4.84. The third-order valence-electron chi connectivity index (χ3n) is 2.03. The Morgan fingerprint density at radius 1 is 1.25 bits per heavy atom. The predicted octanol–water partition coefficient (Wildman–Crippen LogP) is 2.41. The van der Waals surface area contributed by atoms with Gasteiger partial charge in [0, 0.05) is 0 Å². The van der Waals surface area contributed by atoms with Crippen LogP contribution in [0, 0.1) is 0 Å². The number of aromatic nitrogens is 2. The van der Waals surface area contributed by atoms with Gasteiger partial charge in [0.2, 0.25) is 0 Å². The van der Waals surface area contributed by atoms with Gasteiger partial charge in [0.1, 0.15) is 0 Å². The third-order valence-corrected chi connectivity index (χ3v) is 2.19. The van der Waals surface area contributed by atoms with Crippen molar-refractivity contribution in [1.82, 2.24) is 10.1 Å². The number of rotatable bonds is 3. The van der Waals surface area contributed by atoms with E-state index in [0.717, 1.165) is 0 Å². The van der Waals surface area contributed by atoms with Gasteiger partial charge in [-0.25, -0.2) is 0 Å². The summed E-state index contributed by atoms with van der Waals surface area (Å²) < 4.78 is 15.4. The highest BCUT2D eigenvalue weighted by molar-refractivity contribution is 6.28. The first-order chi connectivity index (χ1) is 7.76. The zero-order chi connectivity index (χ0) is 11.5. The number of para-hydroxylation sites is 1. The molecular weight excluding hydrogens is 232 g/mol. The second-order valence-corrected chi connectivity index (χ2v) is 3.25. The van der Waals surface area contributed by atoms with E-state index >= 15 is 0 Å². The lowest BCUT2D eigenvalue weighted by atomic mass is 10.2. The standard InChI is InChI=1S/C10H9ClN2O3/c1-14-7-5-3-4-6(8(7)15-2)9-12-10(11)13-16-9/h3-5H,1-2H3. The predicted molar refractivity (Wildman–Crippen MR) is 57.8 cm³/mol. The summed E-state index contributed by atoms with van der Waals surface area (Å²) in [7, 11) is 3.10. The molecule has 0 radical (unpaired) electrons. The van der Waals surface area contributed by atoms with Crippen LogP contribution in [0.2, 0.25) is 5.28 Å². The molecule has 1 aromatic heterocycles. The van der Waals surface area contributed by atoms with Crippen LogP contribution in [-0.2, 0) is 0 Å². The Morgan fingerprint density at radius 3 is 2.62 bits per heavy atom. The fourth-order valence-corrected chi connectivity index (χ4v) is 1.48. The zero-order valence-corrected chi connectivity index (χ0v) is 9.49. The Kier molecular flexibility index (Phi) is 2.96. The maximum atomic E-state index is 5.59. The molecule has 0 atom stereocenters. The molecule has 0 aliphatic rings. The van der Waals surface area contributed by atoms with E-state index in [1.807, 2.05) is 0 Å². The molecule has 0 saturated heterocycles. The summed E-state index contributed by atoms with van der Waals surface area (Å²) in [6.45, 7) is 0. The van der Waals surface area contributed by atoms with Crippen LogP contribution < -0.4 is 9.47 Å². The molecule has 0 fully saturated rings. The maximum absolute atomic E-state index is 5.59. The van der Waals surface area contributed by atoms with Crippen LogP contribution in [0.5, 0.6) is 11.5 Å². The van der Waals surface area contributed by atoms with Gasteiger partial charge >= 0.3 is 0 Å². The SMILES string of the molecule is COc1cccc(-c2nc(Cl)no2)c1OC. The molecule has 0 aliphatic heterocycles. The largest absolute Gasteiger partial charge is 0.493 e. The molecule has 0 aliphatic carbocycles. The number of benzene rings is 1. The van der Waals surface area contributed by atoms with Gasteiger partial charge in [0.15, 0.2) is 11.5 Å². The van der Waals surface area contributed by atoms with Crippen LogP contribution in [0.4, 0.5) is 0 Å². The van der Waals surface area contributed by atoms with Crippen molar-refractivity contribution in [1.29, 1.82) is 0 Å². The fourth-order valence-electron chi connectivity index (χ4n) is 1.37. The molecule has 0 spiro atoms. The van der Waals surface area contributed by atoms with Gasteiger partial charge in [0.05, 0.1) is 19.8 Å². The minimum Gasteiger partial charge on any atom is -0.493 e. The molecule has 0 bridgehead atoms. The first-order valence-electron chi connectivity index (χ1n) is 4.47. The molecule has 0 amide bonds. The van der Waals surface area contributed by atoms with Crippen molar-refractivity contribution in [2.24, 2.45) is 0 Å². The van der Waals surface area contributed by atoms with Crippen LogP contribution in [0.25, 0.3) is 11.5 Å². The van der Waals surface area contributed by atoms with E-state index in [4.69, 9.17) is 25.6 Å². The van der Waals surface area contributed by atoms with Crippen molar-refractivity contribution in [2.45, 2.75) is 0 Å². The van der Waals surface area contributed by atoms with Gasteiger partial charge in [-0.15, -0.1) is 0 Å². The second kappa shape index (κ2) is 4.40. The molecule has 2 rings (SSSR count). The van der Waals surface area contributed by atoms with Gasteiger partial charge in [0.25, 0.3) is 11.2 Å². The lowest BCUT2D eigenvalue weighted by molar-refractivity contribution is 0.353. The highest BCUT2D eigenvalue weighted by atomic mass is 35.5. The smallest absolute Gasteiger partial charge is 0.264 e. The van der Waals surface area contributed by atoms with Gasteiger partial charge in [-0.3, -0.25) is 0 Å². The number of methoxy groups -OCH3 is 2. The number of ether oxygens (including phenoxy) is 2. The van der Waals surface area contributed by atoms with Crippen LogP contribution >= 0.6 is 11.6 Å². The lowest BCUT2D eigenvalue weighted by Crippen LogP contribution is -1.93. The minimum atomic E-state index is 0.0554. The van der Waals surface area contributed by atoms with Gasteiger partial charge in [-0.1, -0.05) is 6.07 Å². The van der Waals surface area contributed by atoms with Crippen molar-refractivity contribution in [3.63, 3.8) is 0 Å². The Balaban J connectivity index is 2.56. The summed E-state index contributed by atoms with van der Waals surface area (Å²) in [5.41, 5.74) is 0.640. The average molecular weight is 241 g/mol. The Hall–Kier alpha value is -1.75. The maximum Gasteiger partial charge on any atom is 0.264 e. The molecular formula is C10H9ClN2O3. The van der Waals surface area contributed by atoms with Crippen molar-refractivity contribution < 1.29 is 14.0 Å². The third kappa shape index (κ3) is 1.81. The van der Waals surface area contributed by atoms with Crippen molar-refractivity contribution in [3.05, 3.63) is 23.5 Å². The molecule has 5 nitrogen and oxygen atoms in total. The summed E-state index contributed by atoms with van der Waals surface area (Å²) in [5.74, 6) is 1.42. The van der Waals surface area contributed by atoms with E-state index in [-0.39, 0.29) is 5.28 Å². The van der Waals surface area contributed by atoms with Crippen LogP contribution in [0.15, 0.2) is 22.7 Å². The highest BCUT2D eigenvalue weighted by Crippen LogP contribution is 2.37. The Labute approximate surface area is 96.9 Å². The molecule has 0 unspecified atom stereocenters. The molecule has 0 N–H and O–H groups in total. The van der Waals surface area contributed by atoms with Crippen LogP contribution in [0.3, 0.4) is 0 Å². The summed E-state index contributed by atoms with van der Waals surface area (Å²) in [6.07, 6.45) is 0. The summed E-state index contributed by atoms with van der Waals surface area (Å²) >= 11 is 5.59. The Morgan fingerprint density at radius 2 is 2.06 bits per heavy atom. The van der Waals surface area contributed by atoms with E-state index in [0.29, 0.717) is 23.0 Å². The molecule has 16 heavy (non-hydrogen) atoms. The normalized spacial score (nSPS) is 10.2. The summed E-state index contributed by atoms with van der Waals surface area (Å²) in [5, 5.41) is 3.56. The molecule has 1 aromatic carbocycles. The van der Waals surface area contributed by atoms with Gasteiger partial charge < -0.3 is 14.0 Å². The fraction of sp³-hybridized carbons (Fsp3) is 0.200. The molecule has 0 saturated carbocycles. The molecule has 2 aromatic rings. The van der Waals surface area contributed by atoms with Gasteiger partial charge in [-0.2, -0.15) is 4.98 Å². The lowest BCUT2D eigenvalue weighted by Gasteiger charge is -2.09. The number of halogens is 1. The van der Waals surface area contributed by atoms with E-state index in [2.05, 4.69) is 10.1 Å². The topological polar surface area (TPSA) is 57.4 Å². The molecule has 84 valence electrons. The zero-order valence-electron chi connectivity index (χ0n) is 8.73. The quantitative estimate of drug-likeness (QED) is 0.825. The van der Waals surface area contributed by atoms with Crippen molar-refractivity contribution in [3.8, 4) is 23.0 Å². The number of nitrogens with zero attached hydrogens (tertiary/aromatic N) is 2. The van der Waals surface area contributed by atoms with Crippen molar-refractivity contribution in [2.75, 3.05) is 14.2 Å². The highest BCUT2D eigenvalue weighted by Gasteiger charge is 2.16. The monoisotopic (exact) mass is 240 g/mol. The Bertz CT molecular complexity index is 499. The minimum absolute atomic E-state index is 0.0554. The van der Waals surface area contributed by atoms with Gasteiger partial charge in [-0.05, 0) is 28.9 Å². The van der Waals surface area contributed by atoms with Crippen molar-refractivity contribution >= 4 is 11.6 Å². The number of hydrogen-bond acceptors (Lipinski definition) is 5. The van der Waals surface area contributed by atoms with Crippen LogP contribution in [-0.4, -0.2) is 24.4 Å². The second-order valence-electron chi connectivity index (χ2n) is 2.91. The van der Waals surface area contributed by atoms with E-state index < -0.39 is 0 Å². The first kappa shape index (κ1) is 10.8. The average Bonchev–Trinajstić information content (AvgIpc) is 2.74. The summed E-state index contributed by atoms with van der Waals surface area (Å²) in [6, 6.07) is 5.36.